The van der Waals surface area contributed by atoms with Gasteiger partial charge < -0.3 is 9.13 Å². The Labute approximate surface area is 92.2 Å². The van der Waals surface area contributed by atoms with E-state index in [-0.39, 0.29) is 5.56 Å². The normalized spacial score (nSPS) is 9.94. The number of aromatic nitrogens is 3. The van der Waals surface area contributed by atoms with E-state index in [0.717, 1.165) is 0 Å². The molecule has 0 spiro atoms. The second-order valence-corrected chi connectivity index (χ2v) is 3.29. The van der Waals surface area contributed by atoms with E-state index >= 15 is 0 Å². The Kier molecular flexibility index (Phi) is 2.83. The molecule has 2 aromatic rings. The van der Waals surface area contributed by atoms with Gasteiger partial charge in [-0.3, -0.25) is 4.79 Å². The largest absolute Gasteiger partial charge is 0.321 e. The lowest BCUT2D eigenvalue weighted by Gasteiger charge is -2.06. The zero-order chi connectivity index (χ0) is 11.4. The number of aryl methyl sites for hydroxylation is 2. The highest BCUT2D eigenvalue weighted by molar-refractivity contribution is 5.10. The number of nitriles is 1. The van der Waals surface area contributed by atoms with E-state index in [1.54, 1.807) is 39.9 Å². The summed E-state index contributed by atoms with van der Waals surface area (Å²) in [5.74, 6) is 0.365. The summed E-state index contributed by atoms with van der Waals surface area (Å²) in [4.78, 5) is 15.3. The van der Waals surface area contributed by atoms with E-state index < -0.39 is 0 Å². The van der Waals surface area contributed by atoms with Crippen molar-refractivity contribution in [2.75, 3.05) is 0 Å². The number of nitrogens with zero attached hydrogens (tertiary/aromatic N) is 4. The number of hydrogen-bond donors (Lipinski definition) is 0. The molecule has 2 aromatic heterocycles. The van der Waals surface area contributed by atoms with Gasteiger partial charge >= 0.3 is 0 Å². The lowest BCUT2D eigenvalue weighted by Crippen LogP contribution is -2.20. The van der Waals surface area contributed by atoms with Crippen molar-refractivity contribution >= 4 is 0 Å². The molecule has 0 saturated carbocycles. The van der Waals surface area contributed by atoms with Crippen molar-refractivity contribution in [2.45, 2.75) is 13.1 Å². The highest BCUT2D eigenvalue weighted by Crippen LogP contribution is 1.96. The summed E-state index contributed by atoms with van der Waals surface area (Å²) >= 11 is 0. The maximum atomic E-state index is 11.4. The van der Waals surface area contributed by atoms with Crippen LogP contribution in [0.3, 0.4) is 0 Å². The smallest absolute Gasteiger partial charge is 0.250 e. The van der Waals surface area contributed by atoms with Gasteiger partial charge in [-0.05, 0) is 6.07 Å². The van der Waals surface area contributed by atoms with Gasteiger partial charge in [0, 0.05) is 37.7 Å². The van der Waals surface area contributed by atoms with Crippen LogP contribution in [0.2, 0.25) is 0 Å². The van der Waals surface area contributed by atoms with Crippen LogP contribution in [-0.2, 0) is 13.1 Å². The average Bonchev–Trinajstić information content (AvgIpc) is 2.75. The van der Waals surface area contributed by atoms with Gasteiger partial charge in [-0.25, -0.2) is 4.98 Å². The first-order chi connectivity index (χ1) is 7.81. The number of pyridine rings is 1. The van der Waals surface area contributed by atoms with E-state index in [2.05, 4.69) is 4.98 Å². The van der Waals surface area contributed by atoms with Crippen molar-refractivity contribution in [3.8, 4) is 6.07 Å². The van der Waals surface area contributed by atoms with E-state index in [1.807, 2.05) is 6.07 Å². The Bertz CT molecular complexity index is 576. The second kappa shape index (κ2) is 4.45. The topological polar surface area (TPSA) is 63.6 Å². The van der Waals surface area contributed by atoms with Gasteiger partial charge in [-0.2, -0.15) is 5.26 Å². The van der Waals surface area contributed by atoms with Crippen molar-refractivity contribution < 1.29 is 0 Å². The van der Waals surface area contributed by atoms with Crippen LogP contribution in [0.1, 0.15) is 5.82 Å². The van der Waals surface area contributed by atoms with Crippen molar-refractivity contribution in [1.82, 2.24) is 14.1 Å². The Morgan fingerprint density at radius 2 is 2.06 bits per heavy atom. The fourth-order valence-electron chi connectivity index (χ4n) is 1.46. The second-order valence-electron chi connectivity index (χ2n) is 3.29. The molecule has 0 N–H and O–H groups in total. The lowest BCUT2D eigenvalue weighted by molar-refractivity contribution is 0.561. The Hall–Kier alpha value is -2.35. The summed E-state index contributed by atoms with van der Waals surface area (Å²) in [6.45, 7) is 1.09. The van der Waals surface area contributed by atoms with Gasteiger partial charge in [-0.15, -0.1) is 0 Å². The molecule has 2 heterocycles. The summed E-state index contributed by atoms with van der Waals surface area (Å²) in [7, 11) is 0. The minimum absolute atomic E-state index is 0.0406. The molecule has 80 valence electrons. The maximum Gasteiger partial charge on any atom is 0.250 e. The van der Waals surface area contributed by atoms with Gasteiger partial charge in [0.05, 0.1) is 0 Å². The third kappa shape index (κ3) is 2.01. The molecule has 0 saturated heterocycles. The molecule has 16 heavy (non-hydrogen) atoms. The molecule has 0 radical (unpaired) electrons. The van der Waals surface area contributed by atoms with Crippen LogP contribution in [0.15, 0.2) is 41.6 Å². The standard InChI is InChI=1S/C11H10N4O/c12-9-10-13-4-6-14(10)7-8-15-5-2-1-3-11(15)16/h1-6H,7-8H2. The highest BCUT2D eigenvalue weighted by atomic mass is 16.1. The number of hydrogen-bond acceptors (Lipinski definition) is 3. The molecule has 2 rings (SSSR count). The summed E-state index contributed by atoms with van der Waals surface area (Å²) in [6, 6.07) is 7.02. The quantitative estimate of drug-likeness (QED) is 0.752. The molecule has 0 atom stereocenters. The van der Waals surface area contributed by atoms with Crippen molar-refractivity contribution in [2.24, 2.45) is 0 Å². The average molecular weight is 214 g/mol. The van der Waals surface area contributed by atoms with E-state index in [4.69, 9.17) is 5.26 Å². The molecule has 0 fully saturated rings. The fourth-order valence-corrected chi connectivity index (χ4v) is 1.46. The Morgan fingerprint density at radius 1 is 1.25 bits per heavy atom. The van der Waals surface area contributed by atoms with Gasteiger partial charge in [0.1, 0.15) is 6.07 Å². The summed E-state index contributed by atoms with van der Waals surface area (Å²) in [5.41, 5.74) is -0.0406. The van der Waals surface area contributed by atoms with E-state index in [9.17, 15) is 4.79 Å². The van der Waals surface area contributed by atoms with Gasteiger partial charge in [0.25, 0.3) is 5.56 Å². The van der Waals surface area contributed by atoms with Gasteiger partial charge in [0.15, 0.2) is 0 Å². The molecule has 0 aromatic carbocycles. The van der Waals surface area contributed by atoms with E-state index in [0.29, 0.717) is 18.9 Å². The molecule has 5 nitrogen and oxygen atoms in total. The van der Waals surface area contributed by atoms with Crippen LogP contribution in [0, 0.1) is 11.3 Å². The predicted molar refractivity (Wildman–Crippen MR) is 57.6 cm³/mol. The van der Waals surface area contributed by atoms with E-state index in [1.165, 1.54) is 6.07 Å². The minimum atomic E-state index is -0.0406. The molecule has 0 aliphatic rings. The fraction of sp³-hybridized carbons (Fsp3) is 0.182. The summed E-state index contributed by atoms with van der Waals surface area (Å²) < 4.78 is 3.32. The lowest BCUT2D eigenvalue weighted by atomic mass is 10.4. The zero-order valence-electron chi connectivity index (χ0n) is 8.58. The molecule has 0 bridgehead atoms. The van der Waals surface area contributed by atoms with Crippen molar-refractivity contribution in [1.29, 1.82) is 5.26 Å². The van der Waals surface area contributed by atoms with Crippen molar-refractivity contribution in [3.63, 3.8) is 0 Å². The monoisotopic (exact) mass is 214 g/mol. The first-order valence-electron chi connectivity index (χ1n) is 4.88. The molecular formula is C11H10N4O. The predicted octanol–water partition coefficient (Wildman–Crippen LogP) is 0.617. The molecular weight excluding hydrogens is 204 g/mol. The SMILES string of the molecule is N#Cc1nccn1CCn1ccccc1=O. The van der Waals surface area contributed by atoms with Crippen LogP contribution in [0.5, 0.6) is 0 Å². The Balaban J connectivity index is 2.12. The van der Waals surface area contributed by atoms with Crippen molar-refractivity contribution in [3.05, 3.63) is 53.0 Å². The number of imidazole rings is 1. The molecule has 0 aliphatic carbocycles. The first-order valence-corrected chi connectivity index (χ1v) is 4.88. The third-order valence-corrected chi connectivity index (χ3v) is 2.30. The van der Waals surface area contributed by atoms with Gasteiger partial charge in [-0.1, -0.05) is 6.07 Å². The van der Waals surface area contributed by atoms with Crippen LogP contribution >= 0.6 is 0 Å². The maximum absolute atomic E-state index is 11.4. The first kappa shape index (κ1) is 10.2. The highest BCUT2D eigenvalue weighted by Gasteiger charge is 2.01. The molecule has 0 unspecified atom stereocenters. The Morgan fingerprint density at radius 3 is 2.81 bits per heavy atom. The van der Waals surface area contributed by atoms with Crippen LogP contribution in [-0.4, -0.2) is 14.1 Å². The van der Waals surface area contributed by atoms with Gasteiger partial charge in [0.2, 0.25) is 5.82 Å². The molecule has 0 aliphatic heterocycles. The summed E-state index contributed by atoms with van der Waals surface area (Å²) in [6.07, 6.45) is 5.03. The van der Waals surface area contributed by atoms with Crippen LogP contribution < -0.4 is 5.56 Å². The zero-order valence-corrected chi connectivity index (χ0v) is 8.58. The number of rotatable bonds is 3. The summed E-state index contributed by atoms with van der Waals surface area (Å²) in [5, 5.41) is 8.76. The van der Waals surface area contributed by atoms with Crippen LogP contribution in [0.4, 0.5) is 0 Å². The molecule has 5 heteroatoms. The minimum Gasteiger partial charge on any atom is -0.321 e. The van der Waals surface area contributed by atoms with Crippen LogP contribution in [0.25, 0.3) is 0 Å². The third-order valence-electron chi connectivity index (χ3n) is 2.30. The molecule has 0 amide bonds.